The van der Waals surface area contributed by atoms with Crippen molar-refractivity contribution < 1.29 is 9.53 Å². The van der Waals surface area contributed by atoms with Gasteiger partial charge in [0, 0.05) is 12.3 Å². The monoisotopic (exact) mass is 247 g/mol. The summed E-state index contributed by atoms with van der Waals surface area (Å²) >= 11 is 5.61. The van der Waals surface area contributed by atoms with Gasteiger partial charge < -0.3 is 4.74 Å². The fourth-order valence-corrected chi connectivity index (χ4v) is 1.83. The number of amides is 1. The molecule has 0 atom stereocenters. The lowest BCUT2D eigenvalue weighted by Gasteiger charge is -2.28. The zero-order valence-electron chi connectivity index (χ0n) is 10.8. The molecule has 4 heteroatoms. The number of hydrogen-bond donors (Lipinski definition) is 0. The summed E-state index contributed by atoms with van der Waals surface area (Å²) in [6.07, 6.45) is 0. The molecular weight excluding hydrogens is 226 g/mol. The summed E-state index contributed by atoms with van der Waals surface area (Å²) in [6.45, 7) is 10.9. The highest BCUT2D eigenvalue weighted by molar-refractivity contribution is 6.27. The van der Waals surface area contributed by atoms with E-state index in [-0.39, 0.29) is 24.4 Å². The lowest BCUT2D eigenvalue weighted by Crippen LogP contribution is -2.36. The van der Waals surface area contributed by atoms with Crippen molar-refractivity contribution in [3.05, 3.63) is 11.3 Å². The summed E-state index contributed by atoms with van der Waals surface area (Å²) in [5.41, 5.74) is 2.12. The first-order valence-electron chi connectivity index (χ1n) is 5.57. The van der Waals surface area contributed by atoms with E-state index in [0.717, 1.165) is 11.3 Å². The predicted octanol–water partition coefficient (Wildman–Crippen LogP) is 3.00. The van der Waals surface area contributed by atoms with Crippen LogP contribution in [-0.4, -0.2) is 30.0 Å². The molecular formula is C12H22ClNO2. The lowest BCUT2D eigenvalue weighted by atomic mass is 10.0. The highest BCUT2D eigenvalue weighted by Crippen LogP contribution is 2.20. The topological polar surface area (TPSA) is 29.5 Å². The van der Waals surface area contributed by atoms with Crippen molar-refractivity contribution in [1.29, 1.82) is 0 Å². The van der Waals surface area contributed by atoms with Crippen LogP contribution in [0, 0.1) is 5.92 Å². The minimum Gasteiger partial charge on any atom is -0.361 e. The first kappa shape index (κ1) is 15.5. The molecule has 0 N–H and O–H groups in total. The number of carbonyl (C=O) groups excluding carboxylic acids is 1. The van der Waals surface area contributed by atoms with Gasteiger partial charge in [0.2, 0.25) is 5.91 Å². The molecule has 0 aromatic carbocycles. The number of halogens is 1. The number of carbonyl (C=O) groups is 1. The van der Waals surface area contributed by atoms with Crippen molar-refractivity contribution in [1.82, 2.24) is 4.90 Å². The maximum absolute atomic E-state index is 11.7. The third-order valence-electron chi connectivity index (χ3n) is 2.19. The van der Waals surface area contributed by atoms with Crippen molar-refractivity contribution in [3.63, 3.8) is 0 Å². The van der Waals surface area contributed by atoms with Gasteiger partial charge in [-0.3, -0.25) is 9.69 Å². The summed E-state index contributed by atoms with van der Waals surface area (Å²) in [6, 6.07) is 0. The van der Waals surface area contributed by atoms with Crippen LogP contribution >= 0.6 is 11.6 Å². The van der Waals surface area contributed by atoms with Crippen molar-refractivity contribution in [2.45, 2.75) is 34.6 Å². The molecule has 0 rings (SSSR count). The Kier molecular flexibility index (Phi) is 7.43. The minimum absolute atomic E-state index is 0.0173. The van der Waals surface area contributed by atoms with Crippen LogP contribution in [0.5, 0.6) is 0 Å². The van der Waals surface area contributed by atoms with Crippen LogP contribution in [0.3, 0.4) is 0 Å². The van der Waals surface area contributed by atoms with E-state index in [0.29, 0.717) is 6.61 Å². The molecule has 0 spiro atoms. The first-order valence-corrected chi connectivity index (χ1v) is 6.10. The third-order valence-corrected chi connectivity index (χ3v) is 2.42. The Hall–Kier alpha value is -0.540. The van der Waals surface area contributed by atoms with Crippen LogP contribution < -0.4 is 0 Å². The smallest absolute Gasteiger partial charge is 0.243 e. The zero-order valence-corrected chi connectivity index (χ0v) is 11.6. The average molecular weight is 248 g/mol. The third kappa shape index (κ3) is 4.54. The van der Waals surface area contributed by atoms with Crippen LogP contribution in [0.4, 0.5) is 0 Å². The highest BCUT2D eigenvalue weighted by atomic mass is 35.5. The minimum atomic E-state index is -0.111. The molecule has 0 aromatic heterocycles. The van der Waals surface area contributed by atoms with Gasteiger partial charge in [-0.25, -0.2) is 0 Å². The fraction of sp³-hybridized carbons (Fsp3) is 0.750. The van der Waals surface area contributed by atoms with Gasteiger partial charge in [-0.15, -0.1) is 11.6 Å². The first-order chi connectivity index (χ1) is 7.45. The van der Waals surface area contributed by atoms with Gasteiger partial charge in [0.25, 0.3) is 0 Å². The Morgan fingerprint density at radius 3 is 2.25 bits per heavy atom. The molecule has 0 bridgehead atoms. The normalized spacial score (nSPS) is 10.4. The second kappa shape index (κ2) is 7.69. The van der Waals surface area contributed by atoms with Crippen LogP contribution in [0.1, 0.15) is 34.6 Å². The second-order valence-corrected chi connectivity index (χ2v) is 4.38. The maximum atomic E-state index is 11.7. The number of alkyl halides is 1. The van der Waals surface area contributed by atoms with Crippen LogP contribution in [-0.2, 0) is 9.53 Å². The van der Waals surface area contributed by atoms with E-state index in [1.165, 1.54) is 0 Å². The van der Waals surface area contributed by atoms with Crippen LogP contribution in [0.2, 0.25) is 0 Å². The van der Waals surface area contributed by atoms with Crippen molar-refractivity contribution >= 4 is 17.5 Å². The Labute approximate surface area is 103 Å². The van der Waals surface area contributed by atoms with E-state index in [1.807, 2.05) is 20.8 Å². The second-order valence-electron chi connectivity index (χ2n) is 4.12. The molecule has 0 aromatic rings. The molecule has 3 nitrogen and oxygen atoms in total. The largest absolute Gasteiger partial charge is 0.361 e. The van der Waals surface area contributed by atoms with Crippen LogP contribution in [0.25, 0.3) is 0 Å². The molecule has 0 saturated carbocycles. The van der Waals surface area contributed by atoms with E-state index in [1.54, 1.807) is 4.90 Å². The molecule has 1 amide bonds. The molecule has 0 unspecified atom stereocenters. The summed E-state index contributed by atoms with van der Waals surface area (Å²) in [4.78, 5) is 13.4. The van der Waals surface area contributed by atoms with Gasteiger partial charge >= 0.3 is 0 Å². The van der Waals surface area contributed by atoms with Gasteiger partial charge in [-0.1, -0.05) is 19.4 Å². The number of rotatable bonds is 6. The lowest BCUT2D eigenvalue weighted by molar-refractivity contribution is -0.131. The summed E-state index contributed by atoms with van der Waals surface area (Å²) in [5, 5.41) is 0. The Balaban J connectivity index is 4.98. The van der Waals surface area contributed by atoms with E-state index in [2.05, 4.69) is 13.8 Å². The molecule has 0 aliphatic heterocycles. The van der Waals surface area contributed by atoms with E-state index >= 15 is 0 Å². The van der Waals surface area contributed by atoms with Crippen molar-refractivity contribution in [3.8, 4) is 0 Å². The molecule has 0 aliphatic rings. The standard InChI is InChI=1S/C12H22ClNO2/c1-6-16-8-14(11(15)7-13)12(9(2)3)10(4)5/h9H,6-8H2,1-5H3. The van der Waals surface area contributed by atoms with Gasteiger partial charge in [-0.05, 0) is 26.7 Å². The zero-order chi connectivity index (χ0) is 12.7. The fourth-order valence-electron chi connectivity index (χ4n) is 1.69. The van der Waals surface area contributed by atoms with Gasteiger partial charge in [0.1, 0.15) is 12.6 Å². The molecule has 0 fully saturated rings. The Bertz CT molecular complexity index is 258. The Morgan fingerprint density at radius 2 is 1.94 bits per heavy atom. The molecule has 0 saturated heterocycles. The van der Waals surface area contributed by atoms with E-state index < -0.39 is 0 Å². The van der Waals surface area contributed by atoms with Gasteiger partial charge in [-0.2, -0.15) is 0 Å². The maximum Gasteiger partial charge on any atom is 0.243 e. The van der Waals surface area contributed by atoms with Crippen molar-refractivity contribution in [2.75, 3.05) is 19.2 Å². The summed E-state index contributed by atoms with van der Waals surface area (Å²) in [7, 11) is 0. The SMILES string of the molecule is CCOCN(C(=O)CCl)C(=C(C)C)C(C)C. The average Bonchev–Trinajstić information content (AvgIpc) is 2.21. The number of hydrogen-bond acceptors (Lipinski definition) is 2. The van der Waals surface area contributed by atoms with Crippen LogP contribution in [0.15, 0.2) is 11.3 Å². The van der Waals surface area contributed by atoms with Gasteiger partial charge in [0.05, 0.1) is 0 Å². The van der Waals surface area contributed by atoms with E-state index in [9.17, 15) is 4.79 Å². The number of ether oxygens (including phenoxy) is 1. The molecule has 16 heavy (non-hydrogen) atoms. The van der Waals surface area contributed by atoms with Crippen molar-refractivity contribution in [2.24, 2.45) is 5.92 Å². The molecule has 0 heterocycles. The quantitative estimate of drug-likeness (QED) is 0.534. The van der Waals surface area contributed by atoms with Gasteiger partial charge in [0.15, 0.2) is 0 Å². The predicted molar refractivity (Wildman–Crippen MR) is 67.3 cm³/mol. The van der Waals surface area contributed by atoms with E-state index in [4.69, 9.17) is 16.3 Å². The highest BCUT2D eigenvalue weighted by Gasteiger charge is 2.20. The summed E-state index contributed by atoms with van der Waals surface area (Å²) < 4.78 is 5.31. The Morgan fingerprint density at radius 1 is 1.38 bits per heavy atom. The molecule has 0 radical (unpaired) electrons. The molecule has 94 valence electrons. The summed E-state index contributed by atoms with van der Waals surface area (Å²) in [5.74, 6) is 0.147. The number of allylic oxidation sites excluding steroid dienone is 2. The number of nitrogens with zero attached hydrogens (tertiary/aromatic N) is 1. The molecule has 0 aliphatic carbocycles.